The average molecular weight is 207 g/mol. The van der Waals surface area contributed by atoms with Gasteiger partial charge in [-0.1, -0.05) is 6.92 Å². The van der Waals surface area contributed by atoms with Crippen molar-refractivity contribution in [3.05, 3.63) is 29.3 Å². The van der Waals surface area contributed by atoms with Crippen LogP contribution in [0.5, 0.6) is 0 Å². The number of nitrogen functional groups attached to an aromatic ring is 1. The zero-order valence-corrected chi connectivity index (χ0v) is 8.74. The topological polar surface area (TPSA) is 69.4 Å². The van der Waals surface area contributed by atoms with Crippen LogP contribution in [0.4, 0.5) is 5.69 Å². The molecule has 0 aliphatic rings. The summed E-state index contributed by atoms with van der Waals surface area (Å²) < 4.78 is 4.55. The number of hydrogen-bond acceptors (Lipinski definition) is 4. The maximum atomic E-state index is 11.4. The summed E-state index contributed by atoms with van der Waals surface area (Å²) in [6.45, 7) is 1.75. The van der Waals surface area contributed by atoms with Crippen LogP contribution in [0.2, 0.25) is 0 Å². The number of ether oxygens (including phenoxy) is 1. The molecule has 0 atom stereocenters. The van der Waals surface area contributed by atoms with E-state index in [9.17, 15) is 9.59 Å². The van der Waals surface area contributed by atoms with Crippen molar-refractivity contribution in [1.29, 1.82) is 0 Å². The molecule has 0 radical (unpaired) electrons. The Kier molecular flexibility index (Phi) is 3.44. The van der Waals surface area contributed by atoms with Gasteiger partial charge in [-0.15, -0.1) is 0 Å². The van der Waals surface area contributed by atoms with Crippen LogP contribution in [0.1, 0.15) is 34.1 Å². The average Bonchev–Trinajstić information content (AvgIpc) is 2.26. The zero-order valence-electron chi connectivity index (χ0n) is 8.74. The fourth-order valence-corrected chi connectivity index (χ4v) is 1.25. The smallest absolute Gasteiger partial charge is 0.337 e. The quantitative estimate of drug-likeness (QED) is 0.464. The predicted octanol–water partition coefficient (Wildman–Crippen LogP) is 1.65. The van der Waals surface area contributed by atoms with Crippen LogP contribution in [0.3, 0.4) is 0 Å². The largest absolute Gasteiger partial charge is 0.465 e. The zero-order chi connectivity index (χ0) is 11.4. The van der Waals surface area contributed by atoms with Gasteiger partial charge in [0.05, 0.1) is 12.7 Å². The molecule has 0 fully saturated rings. The first-order valence-electron chi connectivity index (χ1n) is 4.60. The van der Waals surface area contributed by atoms with Crippen molar-refractivity contribution in [3.8, 4) is 0 Å². The number of esters is 1. The Balaban J connectivity index is 3.16. The number of ketones is 1. The Morgan fingerprint density at radius 1 is 1.27 bits per heavy atom. The van der Waals surface area contributed by atoms with Crippen molar-refractivity contribution in [2.45, 2.75) is 13.3 Å². The lowest BCUT2D eigenvalue weighted by Gasteiger charge is -2.04. The minimum atomic E-state index is -0.493. The molecule has 0 amide bonds. The molecule has 80 valence electrons. The summed E-state index contributed by atoms with van der Waals surface area (Å²) >= 11 is 0. The lowest BCUT2D eigenvalue weighted by atomic mass is 10.0. The van der Waals surface area contributed by atoms with Crippen molar-refractivity contribution in [2.24, 2.45) is 0 Å². The van der Waals surface area contributed by atoms with Crippen molar-refractivity contribution < 1.29 is 14.3 Å². The summed E-state index contributed by atoms with van der Waals surface area (Å²) in [6, 6.07) is 4.53. The van der Waals surface area contributed by atoms with Gasteiger partial charge >= 0.3 is 5.97 Å². The highest BCUT2D eigenvalue weighted by Crippen LogP contribution is 2.14. The van der Waals surface area contributed by atoms with E-state index in [0.29, 0.717) is 23.2 Å². The summed E-state index contributed by atoms with van der Waals surface area (Å²) in [5, 5.41) is 0. The van der Waals surface area contributed by atoms with Gasteiger partial charge in [0, 0.05) is 17.7 Å². The first kappa shape index (κ1) is 11.2. The number of carbonyl (C=O) groups is 2. The fourth-order valence-electron chi connectivity index (χ4n) is 1.25. The van der Waals surface area contributed by atoms with E-state index in [-0.39, 0.29) is 5.78 Å². The number of benzene rings is 1. The van der Waals surface area contributed by atoms with Crippen LogP contribution in [-0.4, -0.2) is 18.9 Å². The predicted molar refractivity (Wildman–Crippen MR) is 56.8 cm³/mol. The number of methoxy groups -OCH3 is 1. The van der Waals surface area contributed by atoms with E-state index < -0.39 is 5.97 Å². The highest BCUT2D eigenvalue weighted by atomic mass is 16.5. The first-order valence-corrected chi connectivity index (χ1v) is 4.60. The molecule has 0 bridgehead atoms. The van der Waals surface area contributed by atoms with Gasteiger partial charge in [0.25, 0.3) is 0 Å². The molecule has 0 aliphatic carbocycles. The molecule has 1 rings (SSSR count). The van der Waals surface area contributed by atoms with Gasteiger partial charge in [0.2, 0.25) is 0 Å². The van der Waals surface area contributed by atoms with Gasteiger partial charge in [0.15, 0.2) is 5.78 Å². The molecule has 1 aromatic rings. The number of carbonyl (C=O) groups excluding carboxylic acids is 2. The summed E-state index contributed by atoms with van der Waals surface area (Å²) in [6.07, 6.45) is 0.379. The van der Waals surface area contributed by atoms with E-state index in [4.69, 9.17) is 5.73 Å². The highest BCUT2D eigenvalue weighted by Gasteiger charge is 2.10. The van der Waals surface area contributed by atoms with Crippen molar-refractivity contribution in [1.82, 2.24) is 0 Å². The molecule has 4 nitrogen and oxygen atoms in total. The highest BCUT2D eigenvalue weighted by molar-refractivity contribution is 6.00. The minimum absolute atomic E-state index is 0.0487. The summed E-state index contributed by atoms with van der Waals surface area (Å²) in [5.74, 6) is -0.542. The van der Waals surface area contributed by atoms with E-state index in [1.54, 1.807) is 13.0 Å². The maximum Gasteiger partial charge on any atom is 0.337 e. The van der Waals surface area contributed by atoms with Crippen molar-refractivity contribution in [3.63, 3.8) is 0 Å². The molecule has 0 saturated carbocycles. The summed E-state index contributed by atoms with van der Waals surface area (Å²) in [7, 11) is 1.28. The molecule has 4 heteroatoms. The normalized spacial score (nSPS) is 9.73. The lowest BCUT2D eigenvalue weighted by Crippen LogP contribution is -2.06. The van der Waals surface area contributed by atoms with E-state index in [1.807, 2.05) is 0 Å². The number of rotatable bonds is 3. The molecular formula is C11H13NO3. The molecule has 2 N–H and O–H groups in total. The summed E-state index contributed by atoms with van der Waals surface area (Å²) in [5.41, 5.74) is 6.71. The van der Waals surface area contributed by atoms with Gasteiger partial charge < -0.3 is 10.5 Å². The van der Waals surface area contributed by atoms with Gasteiger partial charge in [-0.3, -0.25) is 4.79 Å². The lowest BCUT2D eigenvalue weighted by molar-refractivity contribution is 0.0601. The first-order chi connectivity index (χ1) is 7.08. The van der Waals surface area contributed by atoms with Gasteiger partial charge in [-0.05, 0) is 18.2 Å². The number of Topliss-reactive ketones (excluding diaryl/α,β-unsaturated/α-hetero) is 1. The monoisotopic (exact) mass is 207 g/mol. The Morgan fingerprint density at radius 2 is 1.87 bits per heavy atom. The second-order valence-corrected chi connectivity index (χ2v) is 3.11. The number of nitrogens with two attached hydrogens (primary N) is 1. The van der Waals surface area contributed by atoms with Crippen LogP contribution in [0, 0.1) is 0 Å². The SMILES string of the molecule is CCC(=O)c1cc(N)cc(C(=O)OC)c1. The van der Waals surface area contributed by atoms with E-state index >= 15 is 0 Å². The van der Waals surface area contributed by atoms with Crippen LogP contribution in [0.15, 0.2) is 18.2 Å². The third kappa shape index (κ3) is 2.56. The van der Waals surface area contributed by atoms with Gasteiger partial charge in [-0.2, -0.15) is 0 Å². The molecule has 0 saturated heterocycles. The molecule has 1 aromatic carbocycles. The summed E-state index contributed by atoms with van der Waals surface area (Å²) in [4.78, 5) is 22.7. The van der Waals surface area contributed by atoms with Crippen LogP contribution >= 0.6 is 0 Å². The van der Waals surface area contributed by atoms with E-state index in [0.717, 1.165) is 0 Å². The van der Waals surface area contributed by atoms with E-state index in [2.05, 4.69) is 4.74 Å². The second kappa shape index (κ2) is 4.59. The maximum absolute atomic E-state index is 11.4. The molecule has 15 heavy (non-hydrogen) atoms. The molecule has 0 spiro atoms. The molecule has 0 unspecified atom stereocenters. The second-order valence-electron chi connectivity index (χ2n) is 3.11. The molecule has 0 heterocycles. The number of hydrogen-bond donors (Lipinski definition) is 1. The Morgan fingerprint density at radius 3 is 2.40 bits per heavy atom. The van der Waals surface area contributed by atoms with Gasteiger partial charge in [-0.25, -0.2) is 4.79 Å². The van der Waals surface area contributed by atoms with Gasteiger partial charge in [0.1, 0.15) is 0 Å². The minimum Gasteiger partial charge on any atom is -0.465 e. The standard InChI is InChI=1S/C11H13NO3/c1-3-10(13)7-4-8(11(14)15-2)6-9(12)5-7/h4-6H,3,12H2,1-2H3. The molecular weight excluding hydrogens is 194 g/mol. The Labute approximate surface area is 88.0 Å². The van der Waals surface area contributed by atoms with Crippen LogP contribution < -0.4 is 5.73 Å². The van der Waals surface area contributed by atoms with Crippen LogP contribution in [-0.2, 0) is 4.74 Å². The van der Waals surface area contributed by atoms with Crippen molar-refractivity contribution in [2.75, 3.05) is 12.8 Å². The van der Waals surface area contributed by atoms with E-state index in [1.165, 1.54) is 19.2 Å². The fraction of sp³-hybridized carbons (Fsp3) is 0.273. The number of anilines is 1. The van der Waals surface area contributed by atoms with Crippen LogP contribution in [0.25, 0.3) is 0 Å². The molecule has 0 aromatic heterocycles. The third-order valence-electron chi connectivity index (χ3n) is 2.02. The Bertz CT molecular complexity index is 365. The third-order valence-corrected chi connectivity index (χ3v) is 2.02. The van der Waals surface area contributed by atoms with Crippen molar-refractivity contribution >= 4 is 17.4 Å². The Hall–Kier alpha value is -1.84. The molecule has 0 aliphatic heterocycles.